The summed E-state index contributed by atoms with van der Waals surface area (Å²) in [4.78, 5) is 21.7. The van der Waals surface area contributed by atoms with Crippen LogP contribution in [0.3, 0.4) is 0 Å². The van der Waals surface area contributed by atoms with Crippen molar-refractivity contribution < 1.29 is 14.7 Å². The summed E-state index contributed by atoms with van der Waals surface area (Å²) in [5, 5.41) is 11.2. The summed E-state index contributed by atoms with van der Waals surface area (Å²) in [6, 6.07) is 0. The fourth-order valence-electron chi connectivity index (χ4n) is 1.11. The van der Waals surface area contributed by atoms with E-state index in [9.17, 15) is 9.59 Å². The third-order valence-electron chi connectivity index (χ3n) is 2.12. The van der Waals surface area contributed by atoms with Gasteiger partial charge in [0.2, 0.25) is 0 Å². The van der Waals surface area contributed by atoms with E-state index in [1.165, 1.54) is 0 Å². The zero-order valence-electron chi connectivity index (χ0n) is 6.96. The lowest BCUT2D eigenvalue weighted by atomic mass is 9.89. The van der Waals surface area contributed by atoms with Crippen molar-refractivity contribution in [2.45, 2.75) is 19.4 Å². The van der Waals surface area contributed by atoms with Crippen LogP contribution in [0, 0.1) is 5.92 Å². The molecule has 1 rings (SSSR count). The van der Waals surface area contributed by atoms with Crippen LogP contribution in [0.4, 0.5) is 4.79 Å². The molecule has 0 aliphatic carbocycles. The zero-order valence-corrected chi connectivity index (χ0v) is 7.77. The van der Waals surface area contributed by atoms with Gasteiger partial charge in [-0.25, -0.2) is 4.79 Å². The maximum Gasteiger partial charge on any atom is 0.330 e. The van der Waals surface area contributed by atoms with Crippen molar-refractivity contribution in [2.24, 2.45) is 5.92 Å². The van der Waals surface area contributed by atoms with Crippen LogP contribution in [0.1, 0.15) is 13.8 Å². The van der Waals surface area contributed by atoms with Crippen LogP contribution in [0.2, 0.25) is 0 Å². The zero-order chi connectivity index (χ0) is 9.35. The minimum absolute atomic E-state index is 0.0889. The first-order chi connectivity index (χ1) is 5.49. The predicted molar refractivity (Wildman–Crippen MR) is 46.2 cm³/mol. The minimum atomic E-state index is -1.05. The molecule has 0 unspecified atom stereocenters. The number of thioether (sulfide) groups is 1. The number of carboxylic acid groups (broad SMARTS) is 1. The van der Waals surface area contributed by atoms with Gasteiger partial charge in [-0.05, 0) is 5.92 Å². The number of carbonyl (C=O) groups is 2. The molecule has 1 atom stereocenters. The maximum absolute atomic E-state index is 10.9. The Morgan fingerprint density at radius 3 is 2.50 bits per heavy atom. The molecular weight excluding hydrogens is 178 g/mol. The predicted octanol–water partition coefficient (Wildman–Crippen LogP) is 0.922. The molecule has 0 aromatic carbocycles. The number of rotatable bonds is 2. The van der Waals surface area contributed by atoms with Crippen molar-refractivity contribution in [2.75, 3.05) is 5.75 Å². The Kier molecular flexibility index (Phi) is 2.32. The summed E-state index contributed by atoms with van der Waals surface area (Å²) in [6.07, 6.45) is 0. The number of aliphatic carboxylic acids is 1. The van der Waals surface area contributed by atoms with E-state index >= 15 is 0 Å². The monoisotopic (exact) mass is 189 g/mol. The highest BCUT2D eigenvalue weighted by molar-refractivity contribution is 8.14. The van der Waals surface area contributed by atoms with Crippen molar-refractivity contribution in [1.29, 1.82) is 0 Å². The molecule has 12 heavy (non-hydrogen) atoms. The Morgan fingerprint density at radius 2 is 2.33 bits per heavy atom. The summed E-state index contributed by atoms with van der Waals surface area (Å²) < 4.78 is 0. The van der Waals surface area contributed by atoms with Crippen molar-refractivity contribution in [1.82, 2.24) is 5.32 Å². The number of hydrogen-bond donors (Lipinski definition) is 2. The van der Waals surface area contributed by atoms with Gasteiger partial charge in [-0.15, -0.1) is 0 Å². The summed E-state index contributed by atoms with van der Waals surface area (Å²) >= 11 is 1.03. The summed E-state index contributed by atoms with van der Waals surface area (Å²) in [6.45, 7) is 3.58. The number of amides is 1. The van der Waals surface area contributed by atoms with Gasteiger partial charge in [0.05, 0.1) is 0 Å². The molecule has 68 valence electrons. The van der Waals surface area contributed by atoms with Crippen LogP contribution in [0.5, 0.6) is 0 Å². The van der Waals surface area contributed by atoms with Gasteiger partial charge in [0.15, 0.2) is 5.54 Å². The highest BCUT2D eigenvalue weighted by atomic mass is 32.2. The second kappa shape index (κ2) is 2.97. The molecule has 0 radical (unpaired) electrons. The average molecular weight is 189 g/mol. The molecule has 0 bridgehead atoms. The largest absolute Gasteiger partial charge is 0.479 e. The van der Waals surface area contributed by atoms with Gasteiger partial charge in [-0.3, -0.25) is 4.79 Å². The smallest absolute Gasteiger partial charge is 0.330 e. The van der Waals surface area contributed by atoms with Crippen LogP contribution in [-0.2, 0) is 4.79 Å². The Balaban J connectivity index is 2.89. The lowest BCUT2D eigenvalue weighted by molar-refractivity contribution is -0.144. The molecule has 1 aliphatic rings. The van der Waals surface area contributed by atoms with E-state index in [0.29, 0.717) is 5.75 Å². The molecule has 0 spiro atoms. The summed E-state index contributed by atoms with van der Waals surface area (Å²) in [5.74, 6) is -0.719. The molecule has 5 heteroatoms. The second-order valence-corrected chi connectivity index (χ2v) is 4.08. The number of carbonyl (C=O) groups excluding carboxylic acids is 1. The third kappa shape index (κ3) is 1.29. The fraction of sp³-hybridized carbons (Fsp3) is 0.714. The lowest BCUT2D eigenvalue weighted by Gasteiger charge is -2.27. The quantitative estimate of drug-likeness (QED) is 0.678. The topological polar surface area (TPSA) is 66.4 Å². The van der Waals surface area contributed by atoms with E-state index in [1.54, 1.807) is 13.8 Å². The fourth-order valence-corrected chi connectivity index (χ4v) is 2.25. The maximum atomic E-state index is 10.9. The van der Waals surface area contributed by atoms with Crippen LogP contribution in [-0.4, -0.2) is 27.6 Å². The Labute approximate surface area is 74.7 Å². The third-order valence-corrected chi connectivity index (χ3v) is 3.09. The molecule has 2 N–H and O–H groups in total. The van der Waals surface area contributed by atoms with Crippen LogP contribution < -0.4 is 5.32 Å². The molecule has 1 fully saturated rings. The van der Waals surface area contributed by atoms with Gasteiger partial charge in [0, 0.05) is 5.75 Å². The van der Waals surface area contributed by atoms with Crippen molar-refractivity contribution in [3.63, 3.8) is 0 Å². The molecule has 0 aromatic rings. The van der Waals surface area contributed by atoms with Crippen LogP contribution in [0.15, 0.2) is 0 Å². The molecule has 0 saturated carbocycles. The first kappa shape index (κ1) is 9.38. The Hall–Kier alpha value is -0.710. The van der Waals surface area contributed by atoms with E-state index in [0.717, 1.165) is 11.8 Å². The summed E-state index contributed by atoms with van der Waals surface area (Å²) in [5.41, 5.74) is -1.05. The second-order valence-electron chi connectivity index (χ2n) is 3.13. The normalized spacial score (nSPS) is 29.1. The van der Waals surface area contributed by atoms with Gasteiger partial charge >= 0.3 is 5.97 Å². The minimum Gasteiger partial charge on any atom is -0.479 e. The number of nitrogens with one attached hydrogen (secondary N) is 1. The van der Waals surface area contributed by atoms with Gasteiger partial charge in [-0.1, -0.05) is 25.6 Å². The Bertz CT molecular complexity index is 229. The standard InChI is InChI=1S/C7H11NO3S/c1-4(2)7(5(9)10)3-12-6(11)8-7/h4H,3H2,1-2H3,(H,8,11)(H,9,10)/t7-/m0/s1. The molecule has 0 aromatic heterocycles. The summed E-state index contributed by atoms with van der Waals surface area (Å²) in [7, 11) is 0. The van der Waals surface area contributed by atoms with E-state index in [4.69, 9.17) is 5.11 Å². The van der Waals surface area contributed by atoms with Gasteiger partial charge in [0.25, 0.3) is 5.24 Å². The lowest BCUT2D eigenvalue weighted by Crippen LogP contribution is -2.54. The molecule has 4 nitrogen and oxygen atoms in total. The molecular formula is C7H11NO3S. The highest BCUT2D eigenvalue weighted by Gasteiger charge is 2.47. The first-order valence-corrected chi connectivity index (χ1v) is 4.66. The van der Waals surface area contributed by atoms with Crippen molar-refractivity contribution >= 4 is 23.0 Å². The van der Waals surface area contributed by atoms with Gasteiger partial charge < -0.3 is 10.4 Å². The van der Waals surface area contributed by atoms with E-state index in [-0.39, 0.29) is 11.2 Å². The van der Waals surface area contributed by atoms with Crippen LogP contribution in [0.25, 0.3) is 0 Å². The van der Waals surface area contributed by atoms with Gasteiger partial charge in [0.1, 0.15) is 0 Å². The average Bonchev–Trinajstić information content (AvgIpc) is 2.32. The SMILES string of the molecule is CC(C)[C@]1(C(=O)O)CSC(=O)N1. The van der Waals surface area contributed by atoms with E-state index in [1.807, 2.05) is 0 Å². The van der Waals surface area contributed by atoms with E-state index in [2.05, 4.69) is 5.32 Å². The first-order valence-electron chi connectivity index (χ1n) is 3.67. The molecule has 1 amide bonds. The highest BCUT2D eigenvalue weighted by Crippen LogP contribution is 2.29. The number of carboxylic acids is 1. The van der Waals surface area contributed by atoms with Crippen molar-refractivity contribution in [3.05, 3.63) is 0 Å². The number of hydrogen-bond acceptors (Lipinski definition) is 3. The Morgan fingerprint density at radius 1 is 1.75 bits per heavy atom. The van der Waals surface area contributed by atoms with Crippen LogP contribution >= 0.6 is 11.8 Å². The molecule has 1 heterocycles. The van der Waals surface area contributed by atoms with Gasteiger partial charge in [-0.2, -0.15) is 0 Å². The molecule has 1 aliphatic heterocycles. The van der Waals surface area contributed by atoms with E-state index < -0.39 is 11.5 Å². The van der Waals surface area contributed by atoms with Crippen molar-refractivity contribution in [3.8, 4) is 0 Å². The molecule has 1 saturated heterocycles.